The second-order valence-electron chi connectivity index (χ2n) is 6.56. The van der Waals surface area contributed by atoms with Gasteiger partial charge in [0.1, 0.15) is 5.82 Å². The molecule has 0 radical (unpaired) electrons. The molecule has 4 heteroatoms. The number of aromatic carboxylic acids is 1. The van der Waals surface area contributed by atoms with Crippen molar-refractivity contribution in [2.75, 3.05) is 7.05 Å². The van der Waals surface area contributed by atoms with E-state index in [1.165, 1.54) is 12.1 Å². The van der Waals surface area contributed by atoms with Gasteiger partial charge in [-0.25, -0.2) is 9.18 Å². The van der Waals surface area contributed by atoms with Crippen molar-refractivity contribution in [3.8, 4) is 0 Å². The maximum absolute atomic E-state index is 13.1. The third kappa shape index (κ3) is 4.90. The number of likely N-dealkylation sites (N-methyl/N-ethyl adjacent to an activating group) is 1. The lowest BCUT2D eigenvalue weighted by molar-refractivity contribution is 0.0697. The van der Waals surface area contributed by atoms with Crippen LogP contribution in [-0.2, 0) is 13.0 Å². The number of carbonyl (C=O) groups is 1. The van der Waals surface area contributed by atoms with Gasteiger partial charge in [-0.05, 0) is 54.8 Å². The van der Waals surface area contributed by atoms with Crippen LogP contribution < -0.4 is 0 Å². The van der Waals surface area contributed by atoms with Crippen molar-refractivity contribution in [2.24, 2.45) is 5.92 Å². The van der Waals surface area contributed by atoms with Gasteiger partial charge >= 0.3 is 5.97 Å². The average molecular weight is 329 g/mol. The van der Waals surface area contributed by atoms with Crippen LogP contribution in [0.4, 0.5) is 4.39 Å². The molecule has 128 valence electrons. The minimum atomic E-state index is -0.911. The second kappa shape index (κ2) is 8.06. The van der Waals surface area contributed by atoms with Crippen LogP contribution in [0.2, 0.25) is 0 Å². The number of halogens is 1. The van der Waals surface area contributed by atoms with Crippen LogP contribution in [0, 0.1) is 11.7 Å². The molecule has 1 atom stereocenters. The van der Waals surface area contributed by atoms with Gasteiger partial charge in [-0.3, -0.25) is 4.90 Å². The fourth-order valence-electron chi connectivity index (χ4n) is 2.92. The van der Waals surface area contributed by atoms with Crippen LogP contribution >= 0.6 is 0 Å². The lowest BCUT2D eigenvalue weighted by Crippen LogP contribution is -2.37. The molecule has 0 saturated heterocycles. The third-order valence-electron chi connectivity index (χ3n) is 4.33. The topological polar surface area (TPSA) is 40.5 Å². The molecule has 2 aromatic carbocycles. The van der Waals surface area contributed by atoms with E-state index in [9.17, 15) is 9.18 Å². The van der Waals surface area contributed by atoms with Crippen LogP contribution in [0.5, 0.6) is 0 Å². The second-order valence-corrected chi connectivity index (χ2v) is 6.56. The highest BCUT2D eigenvalue weighted by Crippen LogP contribution is 2.18. The molecule has 24 heavy (non-hydrogen) atoms. The summed E-state index contributed by atoms with van der Waals surface area (Å²) in [6.45, 7) is 5.10. The van der Waals surface area contributed by atoms with E-state index in [0.29, 0.717) is 17.5 Å². The Morgan fingerprint density at radius 3 is 2.08 bits per heavy atom. The summed E-state index contributed by atoms with van der Waals surface area (Å²) in [5, 5.41) is 8.97. The zero-order valence-electron chi connectivity index (χ0n) is 14.4. The smallest absolute Gasteiger partial charge is 0.335 e. The predicted octanol–water partition coefficient (Wildman–Crippen LogP) is 4.22. The molecule has 0 aliphatic rings. The Labute approximate surface area is 142 Å². The number of carboxylic acids is 1. The van der Waals surface area contributed by atoms with Gasteiger partial charge in [0.15, 0.2) is 0 Å². The highest BCUT2D eigenvalue weighted by atomic mass is 19.1. The molecule has 1 unspecified atom stereocenters. The highest BCUT2D eigenvalue weighted by molar-refractivity contribution is 5.87. The Morgan fingerprint density at radius 1 is 1.04 bits per heavy atom. The van der Waals surface area contributed by atoms with Crippen molar-refractivity contribution in [1.29, 1.82) is 0 Å². The molecule has 0 aliphatic heterocycles. The van der Waals surface area contributed by atoms with E-state index >= 15 is 0 Å². The minimum Gasteiger partial charge on any atom is -0.478 e. The molecule has 2 aromatic rings. The lowest BCUT2D eigenvalue weighted by atomic mass is 9.94. The Kier molecular flexibility index (Phi) is 6.10. The maximum Gasteiger partial charge on any atom is 0.335 e. The first-order valence-electron chi connectivity index (χ1n) is 8.13. The molecule has 0 fully saturated rings. The summed E-state index contributed by atoms with van der Waals surface area (Å²) in [5.41, 5.74) is 2.49. The molecule has 0 aromatic heterocycles. The van der Waals surface area contributed by atoms with Crippen LogP contribution in [0.25, 0.3) is 0 Å². The van der Waals surface area contributed by atoms with E-state index < -0.39 is 5.97 Å². The van der Waals surface area contributed by atoms with Crippen molar-refractivity contribution in [3.05, 3.63) is 71.0 Å². The summed E-state index contributed by atoms with van der Waals surface area (Å²) in [4.78, 5) is 13.2. The van der Waals surface area contributed by atoms with Gasteiger partial charge in [-0.15, -0.1) is 0 Å². The Hall–Kier alpha value is -2.20. The first kappa shape index (κ1) is 18.1. The molecule has 0 spiro atoms. The predicted molar refractivity (Wildman–Crippen MR) is 93.6 cm³/mol. The number of hydrogen-bond donors (Lipinski definition) is 1. The number of benzene rings is 2. The van der Waals surface area contributed by atoms with Crippen LogP contribution in [0.3, 0.4) is 0 Å². The summed E-state index contributed by atoms with van der Waals surface area (Å²) in [6, 6.07) is 14.0. The van der Waals surface area contributed by atoms with E-state index in [-0.39, 0.29) is 5.82 Å². The molecule has 3 nitrogen and oxygen atoms in total. The number of hydrogen-bond acceptors (Lipinski definition) is 2. The fourth-order valence-corrected chi connectivity index (χ4v) is 2.92. The van der Waals surface area contributed by atoms with Gasteiger partial charge in [0, 0.05) is 12.6 Å². The van der Waals surface area contributed by atoms with E-state index in [0.717, 1.165) is 24.1 Å². The molecule has 0 saturated carbocycles. The Bertz CT molecular complexity index is 665. The number of nitrogens with zero attached hydrogens (tertiary/aromatic N) is 1. The Morgan fingerprint density at radius 2 is 1.58 bits per heavy atom. The van der Waals surface area contributed by atoms with Crippen molar-refractivity contribution in [3.63, 3.8) is 0 Å². The summed E-state index contributed by atoms with van der Waals surface area (Å²) in [5.74, 6) is -0.684. The Balaban J connectivity index is 2.06. The molecule has 0 heterocycles. The summed E-state index contributed by atoms with van der Waals surface area (Å²) < 4.78 is 13.1. The van der Waals surface area contributed by atoms with Gasteiger partial charge < -0.3 is 5.11 Å². The SMILES string of the molecule is CC(C)C(Cc1ccc(F)cc1)N(C)Cc1ccc(C(=O)O)cc1. The van der Waals surface area contributed by atoms with Crippen LogP contribution in [-0.4, -0.2) is 29.1 Å². The average Bonchev–Trinajstić information content (AvgIpc) is 2.54. The van der Waals surface area contributed by atoms with Crippen molar-refractivity contribution < 1.29 is 14.3 Å². The molecular weight excluding hydrogens is 305 g/mol. The van der Waals surface area contributed by atoms with E-state index in [2.05, 4.69) is 25.8 Å². The summed E-state index contributed by atoms with van der Waals surface area (Å²) in [7, 11) is 2.07. The van der Waals surface area contributed by atoms with Gasteiger partial charge in [0.25, 0.3) is 0 Å². The largest absolute Gasteiger partial charge is 0.478 e. The molecule has 1 N–H and O–H groups in total. The maximum atomic E-state index is 13.1. The first-order chi connectivity index (χ1) is 11.4. The van der Waals surface area contributed by atoms with E-state index in [4.69, 9.17) is 5.11 Å². The van der Waals surface area contributed by atoms with Crippen LogP contribution in [0.1, 0.15) is 35.3 Å². The molecule has 0 amide bonds. The van der Waals surface area contributed by atoms with Crippen molar-refractivity contribution in [1.82, 2.24) is 4.90 Å². The molecular formula is C20H24FNO2. The first-order valence-corrected chi connectivity index (χ1v) is 8.13. The molecule has 2 rings (SSSR count). The summed E-state index contributed by atoms with van der Waals surface area (Å²) >= 11 is 0. The van der Waals surface area contributed by atoms with Crippen LogP contribution in [0.15, 0.2) is 48.5 Å². The van der Waals surface area contributed by atoms with Gasteiger partial charge in [0.05, 0.1) is 5.56 Å². The zero-order valence-corrected chi connectivity index (χ0v) is 14.4. The standard InChI is InChI=1S/C20H24FNO2/c1-14(2)19(12-15-6-10-18(21)11-7-15)22(3)13-16-4-8-17(9-5-16)20(23)24/h4-11,14,19H,12-13H2,1-3H3,(H,23,24). The quantitative estimate of drug-likeness (QED) is 0.827. The monoisotopic (exact) mass is 329 g/mol. The molecule has 0 bridgehead atoms. The summed E-state index contributed by atoms with van der Waals surface area (Å²) in [6.07, 6.45) is 0.849. The normalized spacial score (nSPS) is 12.6. The van der Waals surface area contributed by atoms with Gasteiger partial charge in [-0.1, -0.05) is 38.1 Å². The van der Waals surface area contributed by atoms with Gasteiger partial charge in [0.2, 0.25) is 0 Å². The zero-order chi connectivity index (χ0) is 17.7. The van der Waals surface area contributed by atoms with Crippen molar-refractivity contribution >= 4 is 5.97 Å². The number of rotatable bonds is 7. The van der Waals surface area contributed by atoms with E-state index in [1.54, 1.807) is 12.1 Å². The van der Waals surface area contributed by atoms with E-state index in [1.807, 2.05) is 24.3 Å². The third-order valence-corrected chi connectivity index (χ3v) is 4.33. The lowest BCUT2D eigenvalue weighted by Gasteiger charge is -2.31. The number of carboxylic acid groups (broad SMARTS) is 1. The molecule has 0 aliphatic carbocycles. The van der Waals surface area contributed by atoms with Crippen molar-refractivity contribution in [2.45, 2.75) is 32.9 Å². The minimum absolute atomic E-state index is 0.216. The fraction of sp³-hybridized carbons (Fsp3) is 0.350. The highest BCUT2D eigenvalue weighted by Gasteiger charge is 2.19. The van der Waals surface area contributed by atoms with Gasteiger partial charge in [-0.2, -0.15) is 0 Å².